The highest BCUT2D eigenvalue weighted by Gasteiger charge is 2.54. The molecule has 1 aromatic rings. The van der Waals surface area contributed by atoms with Crippen LogP contribution in [0.3, 0.4) is 0 Å². The van der Waals surface area contributed by atoms with Crippen LogP contribution < -0.4 is 5.32 Å². The number of urea groups is 1. The minimum atomic E-state index is -0.679. The number of carbonyl (C=O) groups is 2. The van der Waals surface area contributed by atoms with Gasteiger partial charge in [0.2, 0.25) is 0 Å². The van der Waals surface area contributed by atoms with Crippen molar-refractivity contribution in [3.8, 4) is 0 Å². The van der Waals surface area contributed by atoms with Crippen LogP contribution in [0.15, 0.2) is 24.3 Å². The van der Waals surface area contributed by atoms with Gasteiger partial charge in [-0.3, -0.25) is 9.69 Å². The van der Waals surface area contributed by atoms with Gasteiger partial charge in [0.15, 0.2) is 0 Å². The lowest BCUT2D eigenvalue weighted by molar-refractivity contribution is -0.134. The van der Waals surface area contributed by atoms with Crippen molar-refractivity contribution in [2.45, 2.75) is 44.7 Å². The van der Waals surface area contributed by atoms with Gasteiger partial charge in [-0.2, -0.15) is 0 Å². The van der Waals surface area contributed by atoms with Crippen molar-refractivity contribution in [3.05, 3.63) is 34.9 Å². The van der Waals surface area contributed by atoms with Crippen molar-refractivity contribution in [1.29, 1.82) is 0 Å². The van der Waals surface area contributed by atoms with E-state index in [1.54, 1.807) is 12.1 Å². The molecule has 21 heavy (non-hydrogen) atoms. The largest absolute Gasteiger partial charge is 0.325 e. The first-order valence-electron chi connectivity index (χ1n) is 7.41. The summed E-state index contributed by atoms with van der Waals surface area (Å²) in [6.07, 6.45) is 3.85. The molecule has 1 saturated heterocycles. The number of halogens is 1. The van der Waals surface area contributed by atoms with Crippen LogP contribution in [0.2, 0.25) is 5.02 Å². The van der Waals surface area contributed by atoms with Crippen molar-refractivity contribution >= 4 is 23.5 Å². The van der Waals surface area contributed by atoms with E-state index in [1.807, 2.05) is 12.1 Å². The molecule has 112 valence electrons. The summed E-state index contributed by atoms with van der Waals surface area (Å²) in [6, 6.07) is 6.96. The monoisotopic (exact) mass is 306 g/mol. The van der Waals surface area contributed by atoms with Gasteiger partial charge in [-0.1, -0.05) is 43.5 Å². The number of imide groups is 1. The molecule has 4 nitrogen and oxygen atoms in total. The lowest BCUT2D eigenvalue weighted by atomic mass is 9.73. The fourth-order valence-corrected chi connectivity index (χ4v) is 3.54. The number of hydrogen-bond donors (Lipinski definition) is 1. The van der Waals surface area contributed by atoms with E-state index < -0.39 is 5.54 Å². The lowest BCUT2D eigenvalue weighted by Crippen LogP contribution is -2.53. The second-order valence-corrected chi connectivity index (χ2v) is 6.50. The first-order chi connectivity index (χ1) is 10.0. The molecular formula is C16H19ClN2O2. The molecule has 0 bridgehead atoms. The third-order valence-corrected chi connectivity index (χ3v) is 5.01. The maximum Gasteiger partial charge on any atom is 0.325 e. The van der Waals surface area contributed by atoms with E-state index >= 15 is 0 Å². The average molecular weight is 307 g/mol. The Balaban J connectivity index is 1.82. The topological polar surface area (TPSA) is 49.4 Å². The van der Waals surface area contributed by atoms with Gasteiger partial charge in [0.05, 0.1) is 6.54 Å². The highest BCUT2D eigenvalue weighted by atomic mass is 35.5. The molecule has 2 aliphatic rings. The summed E-state index contributed by atoms with van der Waals surface area (Å²) in [5, 5.41) is 3.61. The zero-order valence-corrected chi connectivity index (χ0v) is 12.8. The molecule has 1 spiro atoms. The quantitative estimate of drug-likeness (QED) is 0.852. The van der Waals surface area contributed by atoms with E-state index in [0.29, 0.717) is 11.6 Å². The van der Waals surface area contributed by atoms with Crippen molar-refractivity contribution in [1.82, 2.24) is 10.2 Å². The zero-order valence-electron chi connectivity index (χ0n) is 12.1. The second kappa shape index (κ2) is 5.34. The van der Waals surface area contributed by atoms with Gasteiger partial charge in [-0.15, -0.1) is 0 Å². The van der Waals surface area contributed by atoms with Crippen LogP contribution in [0, 0.1) is 5.92 Å². The smallest absolute Gasteiger partial charge is 0.323 e. The Morgan fingerprint density at radius 1 is 1.29 bits per heavy atom. The molecule has 1 aromatic carbocycles. The molecule has 3 amide bonds. The van der Waals surface area contributed by atoms with Gasteiger partial charge in [-0.05, 0) is 36.5 Å². The van der Waals surface area contributed by atoms with Gasteiger partial charge in [0.25, 0.3) is 5.91 Å². The number of hydrogen-bond acceptors (Lipinski definition) is 2. The summed E-state index contributed by atoms with van der Waals surface area (Å²) in [5.74, 6) is 0.118. The van der Waals surface area contributed by atoms with Gasteiger partial charge in [0, 0.05) is 5.02 Å². The number of nitrogens with zero attached hydrogens (tertiary/aromatic N) is 1. The molecular weight excluding hydrogens is 288 g/mol. The minimum absolute atomic E-state index is 0.0744. The van der Waals surface area contributed by atoms with E-state index in [-0.39, 0.29) is 17.9 Å². The summed E-state index contributed by atoms with van der Waals surface area (Å²) in [6.45, 7) is 2.36. The molecule has 0 radical (unpaired) electrons. The van der Waals surface area contributed by atoms with Gasteiger partial charge >= 0.3 is 6.03 Å². The second-order valence-electron chi connectivity index (χ2n) is 6.07. The van der Waals surface area contributed by atoms with Gasteiger partial charge in [0.1, 0.15) is 5.54 Å². The Labute approximate surface area is 129 Å². The predicted octanol–water partition coefficient (Wildman–Crippen LogP) is 3.34. The SMILES string of the molecule is C[C@H]1CCCC[C@]12NC(=O)N(Cc1ccc(Cl)cc1)C2=O. The van der Waals surface area contributed by atoms with E-state index in [1.165, 1.54) is 4.90 Å². The molecule has 1 saturated carbocycles. The summed E-state index contributed by atoms with van der Waals surface area (Å²) >= 11 is 5.86. The van der Waals surface area contributed by atoms with Gasteiger partial charge < -0.3 is 5.32 Å². The first kappa shape index (κ1) is 14.4. The number of amides is 3. The number of benzene rings is 1. The summed E-state index contributed by atoms with van der Waals surface area (Å²) in [4.78, 5) is 26.4. The van der Waals surface area contributed by atoms with E-state index in [4.69, 9.17) is 11.6 Å². The van der Waals surface area contributed by atoms with Crippen LogP contribution in [0.5, 0.6) is 0 Å². The molecule has 1 aliphatic heterocycles. The number of rotatable bonds is 2. The third-order valence-electron chi connectivity index (χ3n) is 4.76. The molecule has 3 rings (SSSR count). The van der Waals surface area contributed by atoms with Crippen molar-refractivity contribution < 1.29 is 9.59 Å². The summed E-state index contributed by atoms with van der Waals surface area (Å²) in [5.41, 5.74) is 0.227. The molecule has 0 aromatic heterocycles. The highest BCUT2D eigenvalue weighted by molar-refractivity contribution is 6.30. The summed E-state index contributed by atoms with van der Waals surface area (Å²) < 4.78 is 0. The van der Waals surface area contributed by atoms with Crippen LogP contribution in [0.1, 0.15) is 38.2 Å². The molecule has 1 aliphatic carbocycles. The molecule has 0 unspecified atom stereocenters. The predicted molar refractivity (Wildman–Crippen MR) is 80.9 cm³/mol. The van der Waals surface area contributed by atoms with Crippen LogP contribution >= 0.6 is 11.6 Å². The molecule has 1 heterocycles. The van der Waals surface area contributed by atoms with E-state index in [0.717, 1.165) is 31.2 Å². The molecule has 2 fully saturated rings. The van der Waals surface area contributed by atoms with Crippen molar-refractivity contribution in [3.63, 3.8) is 0 Å². The fourth-order valence-electron chi connectivity index (χ4n) is 3.41. The standard InChI is InChI=1S/C16H19ClN2O2/c1-11-4-2-3-9-16(11)14(20)19(15(21)18-16)10-12-5-7-13(17)8-6-12/h5-8,11H,2-4,9-10H2,1H3,(H,18,21)/t11-,16-/m0/s1. The maximum atomic E-state index is 12.8. The Morgan fingerprint density at radius 3 is 2.67 bits per heavy atom. The summed E-state index contributed by atoms with van der Waals surface area (Å²) in [7, 11) is 0. The Hall–Kier alpha value is -1.55. The number of carbonyl (C=O) groups excluding carboxylic acids is 2. The number of nitrogens with one attached hydrogen (secondary N) is 1. The van der Waals surface area contributed by atoms with E-state index in [2.05, 4.69) is 12.2 Å². The van der Waals surface area contributed by atoms with Crippen LogP contribution in [0.25, 0.3) is 0 Å². The molecule has 2 atom stereocenters. The Morgan fingerprint density at radius 2 is 2.00 bits per heavy atom. The van der Waals surface area contributed by atoms with Crippen LogP contribution in [-0.2, 0) is 11.3 Å². The minimum Gasteiger partial charge on any atom is -0.323 e. The Kier molecular flexibility index (Phi) is 3.66. The van der Waals surface area contributed by atoms with E-state index in [9.17, 15) is 9.59 Å². The zero-order chi connectivity index (χ0) is 15.0. The maximum absolute atomic E-state index is 12.8. The first-order valence-corrected chi connectivity index (χ1v) is 7.79. The van der Waals surface area contributed by atoms with Crippen molar-refractivity contribution in [2.75, 3.05) is 0 Å². The Bertz CT molecular complexity index is 572. The highest BCUT2D eigenvalue weighted by Crippen LogP contribution is 2.38. The normalized spacial score (nSPS) is 29.0. The van der Waals surface area contributed by atoms with Crippen LogP contribution in [-0.4, -0.2) is 22.4 Å². The van der Waals surface area contributed by atoms with Crippen molar-refractivity contribution in [2.24, 2.45) is 5.92 Å². The third kappa shape index (κ3) is 2.42. The van der Waals surface area contributed by atoms with Crippen LogP contribution in [0.4, 0.5) is 4.79 Å². The molecule has 5 heteroatoms. The van der Waals surface area contributed by atoms with Gasteiger partial charge in [-0.25, -0.2) is 4.79 Å². The fraction of sp³-hybridized carbons (Fsp3) is 0.500. The average Bonchev–Trinajstić information content (AvgIpc) is 2.70. The molecule has 1 N–H and O–H groups in total. The lowest BCUT2D eigenvalue weighted by Gasteiger charge is -2.36.